The molecular weight excluding hydrogens is 292 g/mol. The summed E-state index contributed by atoms with van der Waals surface area (Å²) >= 11 is 7.27. The zero-order chi connectivity index (χ0) is 14.5. The Morgan fingerprint density at radius 1 is 1.40 bits per heavy atom. The van der Waals surface area contributed by atoms with Gasteiger partial charge in [0.15, 0.2) is 0 Å². The van der Waals surface area contributed by atoms with E-state index in [9.17, 15) is 0 Å². The maximum Gasteiger partial charge on any atom is 0.138 e. The van der Waals surface area contributed by atoms with Crippen LogP contribution in [0.4, 0.5) is 0 Å². The Morgan fingerprint density at radius 3 is 2.60 bits per heavy atom. The van der Waals surface area contributed by atoms with Gasteiger partial charge in [0, 0.05) is 24.1 Å². The van der Waals surface area contributed by atoms with E-state index < -0.39 is 0 Å². The number of nitrogens with zero attached hydrogens (tertiary/aromatic N) is 4. The standard InChI is InChI=1S/C14H15ClN4S/c1-3-19(9-13-14(15)20-18-17-13)10(2)12-6-4-11(8-16)5-7-12/h4-7,10H,3,9H2,1-2H3/t10-/m1/s1. The van der Waals surface area contributed by atoms with E-state index in [-0.39, 0.29) is 6.04 Å². The SMILES string of the molecule is CCN(Cc1nnsc1Cl)[C@H](C)c1ccc(C#N)cc1. The van der Waals surface area contributed by atoms with E-state index in [2.05, 4.69) is 34.4 Å². The summed E-state index contributed by atoms with van der Waals surface area (Å²) < 4.78 is 4.51. The van der Waals surface area contributed by atoms with Crippen LogP contribution in [0, 0.1) is 11.3 Å². The smallest absolute Gasteiger partial charge is 0.138 e. The van der Waals surface area contributed by atoms with Crippen molar-refractivity contribution in [2.24, 2.45) is 0 Å². The fourth-order valence-corrected chi connectivity index (χ4v) is 2.67. The van der Waals surface area contributed by atoms with E-state index in [0.29, 0.717) is 16.4 Å². The Bertz CT molecular complexity index is 602. The fourth-order valence-electron chi connectivity index (χ4n) is 2.05. The third kappa shape index (κ3) is 3.34. The topological polar surface area (TPSA) is 52.8 Å². The molecule has 2 aromatic rings. The minimum absolute atomic E-state index is 0.227. The molecule has 0 unspecified atom stereocenters. The molecule has 104 valence electrons. The molecule has 0 spiro atoms. The summed E-state index contributed by atoms with van der Waals surface area (Å²) in [4.78, 5) is 2.27. The highest BCUT2D eigenvalue weighted by molar-refractivity contribution is 7.10. The second-order valence-corrected chi connectivity index (χ2v) is 5.82. The van der Waals surface area contributed by atoms with E-state index in [4.69, 9.17) is 16.9 Å². The molecule has 0 amide bonds. The molecular formula is C14H15ClN4S. The van der Waals surface area contributed by atoms with E-state index in [0.717, 1.165) is 12.2 Å². The second-order valence-electron chi connectivity index (χ2n) is 4.47. The molecule has 0 fully saturated rings. The molecule has 6 heteroatoms. The molecule has 0 aliphatic rings. The van der Waals surface area contributed by atoms with Gasteiger partial charge in [-0.3, -0.25) is 4.90 Å². The fraction of sp³-hybridized carbons (Fsp3) is 0.357. The van der Waals surface area contributed by atoms with E-state index in [1.165, 1.54) is 17.1 Å². The van der Waals surface area contributed by atoms with Crippen LogP contribution in [0.15, 0.2) is 24.3 Å². The van der Waals surface area contributed by atoms with Gasteiger partial charge in [0.1, 0.15) is 10.0 Å². The van der Waals surface area contributed by atoms with Gasteiger partial charge in [-0.05, 0) is 31.2 Å². The van der Waals surface area contributed by atoms with Crippen molar-refractivity contribution in [2.75, 3.05) is 6.54 Å². The van der Waals surface area contributed by atoms with Crippen LogP contribution >= 0.6 is 23.1 Å². The lowest BCUT2D eigenvalue weighted by molar-refractivity contribution is 0.210. The third-order valence-electron chi connectivity index (χ3n) is 3.34. The van der Waals surface area contributed by atoms with Crippen LogP contribution in [0.5, 0.6) is 0 Å². The molecule has 1 heterocycles. The lowest BCUT2D eigenvalue weighted by Crippen LogP contribution is -2.26. The number of hydrogen-bond acceptors (Lipinski definition) is 5. The first-order valence-electron chi connectivity index (χ1n) is 6.36. The molecule has 1 aromatic heterocycles. The summed E-state index contributed by atoms with van der Waals surface area (Å²) in [6.07, 6.45) is 0. The maximum atomic E-state index is 8.84. The number of nitriles is 1. The van der Waals surface area contributed by atoms with E-state index in [1.807, 2.05) is 24.3 Å². The van der Waals surface area contributed by atoms with E-state index in [1.54, 1.807) is 0 Å². The van der Waals surface area contributed by atoms with Crippen molar-refractivity contribution in [1.29, 1.82) is 5.26 Å². The Labute approximate surface area is 127 Å². The average molecular weight is 307 g/mol. The van der Waals surface area contributed by atoms with Crippen LogP contribution in [0.1, 0.15) is 36.7 Å². The van der Waals surface area contributed by atoms with Gasteiger partial charge >= 0.3 is 0 Å². The second kappa shape index (κ2) is 6.80. The number of halogens is 1. The van der Waals surface area contributed by atoms with Crippen LogP contribution in [0.25, 0.3) is 0 Å². The highest BCUT2D eigenvalue weighted by Gasteiger charge is 2.17. The number of benzene rings is 1. The molecule has 1 aromatic carbocycles. The molecule has 0 saturated heterocycles. The number of aromatic nitrogens is 2. The molecule has 0 N–H and O–H groups in total. The Hall–Kier alpha value is -1.48. The summed E-state index contributed by atoms with van der Waals surface area (Å²) in [6.45, 7) is 5.80. The monoisotopic (exact) mass is 306 g/mol. The maximum absolute atomic E-state index is 8.84. The minimum Gasteiger partial charge on any atom is -0.291 e. The lowest BCUT2D eigenvalue weighted by atomic mass is 10.0. The van der Waals surface area contributed by atoms with Gasteiger partial charge < -0.3 is 0 Å². The zero-order valence-corrected chi connectivity index (χ0v) is 12.9. The van der Waals surface area contributed by atoms with Crippen LogP contribution < -0.4 is 0 Å². The number of hydrogen-bond donors (Lipinski definition) is 0. The molecule has 0 bridgehead atoms. The van der Waals surface area contributed by atoms with Crippen molar-refractivity contribution < 1.29 is 0 Å². The van der Waals surface area contributed by atoms with Gasteiger partial charge in [0.25, 0.3) is 0 Å². The first kappa shape index (κ1) is 14.9. The summed E-state index contributed by atoms with van der Waals surface area (Å²) in [5.74, 6) is 0. The summed E-state index contributed by atoms with van der Waals surface area (Å²) in [5.41, 5.74) is 2.67. The van der Waals surface area contributed by atoms with Gasteiger partial charge in [-0.2, -0.15) is 5.26 Å². The van der Waals surface area contributed by atoms with Crippen molar-refractivity contribution in [1.82, 2.24) is 14.5 Å². The Morgan fingerprint density at radius 2 is 2.10 bits per heavy atom. The van der Waals surface area contributed by atoms with Crippen molar-refractivity contribution in [3.05, 3.63) is 45.4 Å². The molecule has 2 rings (SSSR count). The molecule has 0 aliphatic carbocycles. The van der Waals surface area contributed by atoms with Gasteiger partial charge in [-0.1, -0.05) is 35.1 Å². The van der Waals surface area contributed by atoms with Crippen molar-refractivity contribution >= 4 is 23.1 Å². The van der Waals surface area contributed by atoms with Crippen LogP contribution in [-0.4, -0.2) is 21.0 Å². The summed E-state index contributed by atoms with van der Waals surface area (Å²) in [6, 6.07) is 10.0. The zero-order valence-electron chi connectivity index (χ0n) is 11.4. The molecule has 4 nitrogen and oxygen atoms in total. The van der Waals surface area contributed by atoms with Crippen LogP contribution in [-0.2, 0) is 6.54 Å². The van der Waals surface area contributed by atoms with Crippen molar-refractivity contribution in [3.8, 4) is 6.07 Å². The molecule has 1 atom stereocenters. The van der Waals surface area contributed by atoms with Crippen molar-refractivity contribution in [3.63, 3.8) is 0 Å². The minimum atomic E-state index is 0.227. The first-order chi connectivity index (χ1) is 9.65. The molecule has 0 radical (unpaired) electrons. The van der Waals surface area contributed by atoms with E-state index >= 15 is 0 Å². The predicted octanol–water partition coefficient (Wildman–Crippen LogP) is 3.65. The highest BCUT2D eigenvalue weighted by atomic mass is 35.5. The third-order valence-corrected chi connectivity index (χ3v) is 4.32. The van der Waals surface area contributed by atoms with Gasteiger partial charge in [-0.15, -0.1) is 5.10 Å². The highest BCUT2D eigenvalue weighted by Crippen LogP contribution is 2.25. The lowest BCUT2D eigenvalue weighted by Gasteiger charge is -2.27. The normalized spacial score (nSPS) is 12.3. The van der Waals surface area contributed by atoms with Crippen LogP contribution in [0.2, 0.25) is 4.34 Å². The van der Waals surface area contributed by atoms with Crippen LogP contribution in [0.3, 0.4) is 0 Å². The van der Waals surface area contributed by atoms with Gasteiger partial charge in [-0.25, -0.2) is 0 Å². The summed E-state index contributed by atoms with van der Waals surface area (Å²) in [7, 11) is 0. The molecule has 20 heavy (non-hydrogen) atoms. The quantitative estimate of drug-likeness (QED) is 0.846. The molecule has 0 saturated carbocycles. The van der Waals surface area contributed by atoms with Gasteiger partial charge in [0.2, 0.25) is 0 Å². The Balaban J connectivity index is 2.14. The molecule has 0 aliphatic heterocycles. The summed E-state index contributed by atoms with van der Waals surface area (Å²) in [5, 5.41) is 12.9. The van der Waals surface area contributed by atoms with Crippen molar-refractivity contribution in [2.45, 2.75) is 26.4 Å². The average Bonchev–Trinajstić information content (AvgIpc) is 2.89. The largest absolute Gasteiger partial charge is 0.291 e. The predicted molar refractivity (Wildman–Crippen MR) is 80.6 cm³/mol. The number of rotatable bonds is 5. The van der Waals surface area contributed by atoms with Gasteiger partial charge in [0.05, 0.1) is 11.6 Å². The Kier molecular flexibility index (Phi) is 5.07. The first-order valence-corrected chi connectivity index (χ1v) is 7.51.